The van der Waals surface area contributed by atoms with Gasteiger partial charge in [-0.1, -0.05) is 31.6 Å². The minimum absolute atomic E-state index is 0.00738. The summed E-state index contributed by atoms with van der Waals surface area (Å²) in [6.07, 6.45) is 7.27. The largest absolute Gasteiger partial charge is 0.435 e. The van der Waals surface area contributed by atoms with Crippen molar-refractivity contribution in [3.63, 3.8) is 0 Å². The first-order valence-electron chi connectivity index (χ1n) is 8.93. The van der Waals surface area contributed by atoms with Gasteiger partial charge >= 0.3 is 6.61 Å². The second-order valence-electron chi connectivity index (χ2n) is 6.11. The van der Waals surface area contributed by atoms with Crippen LogP contribution in [0.1, 0.15) is 35.3 Å². The number of ether oxygens (including phenoxy) is 1. The van der Waals surface area contributed by atoms with Crippen LogP contribution in [0.15, 0.2) is 61.4 Å². The lowest BCUT2D eigenvalue weighted by molar-refractivity contribution is -0.692. The Morgan fingerprint density at radius 2 is 1.89 bits per heavy atom. The number of benzene rings is 1. The maximum atomic E-state index is 13.1. The average Bonchev–Trinajstić information content (AvgIpc) is 2.68. The van der Waals surface area contributed by atoms with Gasteiger partial charge in [0.2, 0.25) is 5.78 Å². The van der Waals surface area contributed by atoms with Gasteiger partial charge < -0.3 is 10.1 Å². The number of carbonyl (C=O) groups excluding carboxylic acids is 1. The predicted molar refractivity (Wildman–Crippen MR) is 108 cm³/mol. The van der Waals surface area contributed by atoms with E-state index < -0.39 is 12.7 Å². The summed E-state index contributed by atoms with van der Waals surface area (Å²) in [4.78, 5) is 13.5. The van der Waals surface area contributed by atoms with Gasteiger partial charge in [0.1, 0.15) is 5.75 Å². The van der Waals surface area contributed by atoms with Gasteiger partial charge in [0.05, 0.1) is 0 Å². The van der Waals surface area contributed by atoms with E-state index >= 15 is 0 Å². The fraction of sp³-hybridized carbons (Fsp3) is 0.286. The molecule has 2 rings (SSSR count). The first-order valence-corrected chi connectivity index (χ1v) is 9.34. The molecule has 0 bridgehead atoms. The van der Waals surface area contributed by atoms with Crippen molar-refractivity contribution >= 4 is 23.0 Å². The van der Waals surface area contributed by atoms with E-state index in [4.69, 9.17) is 12.2 Å². The summed E-state index contributed by atoms with van der Waals surface area (Å²) < 4.78 is 30.7. The number of carbonyl (C=O) groups is 1. The van der Waals surface area contributed by atoms with E-state index in [1.165, 1.54) is 29.8 Å². The van der Waals surface area contributed by atoms with Crippen molar-refractivity contribution in [3.8, 4) is 5.75 Å². The summed E-state index contributed by atoms with van der Waals surface area (Å²) in [5.41, 5.74) is 1.52. The quantitative estimate of drug-likeness (QED) is 0.280. The lowest BCUT2D eigenvalue weighted by Crippen LogP contribution is -2.51. The van der Waals surface area contributed by atoms with E-state index in [0.717, 1.165) is 12.8 Å². The lowest BCUT2D eigenvalue weighted by atomic mass is 10.0. The molecule has 0 aliphatic rings. The summed E-state index contributed by atoms with van der Waals surface area (Å²) in [5.74, 6) is -0.259. The van der Waals surface area contributed by atoms with Crippen LogP contribution in [-0.2, 0) is 6.42 Å². The molecule has 1 atom stereocenters. The van der Waals surface area contributed by atoms with Crippen LogP contribution in [0.5, 0.6) is 5.75 Å². The second-order valence-corrected chi connectivity index (χ2v) is 6.55. The van der Waals surface area contributed by atoms with E-state index in [1.807, 2.05) is 24.5 Å². The van der Waals surface area contributed by atoms with Crippen molar-refractivity contribution in [2.75, 3.05) is 6.54 Å². The Balaban J connectivity index is 2.30. The molecule has 28 heavy (non-hydrogen) atoms. The third-order valence-corrected chi connectivity index (χ3v) is 4.41. The van der Waals surface area contributed by atoms with Gasteiger partial charge in [0, 0.05) is 24.2 Å². The number of hydrogen-bond donors (Lipinski definition) is 1. The molecule has 0 aliphatic heterocycles. The molecule has 1 aromatic carbocycles. The summed E-state index contributed by atoms with van der Waals surface area (Å²) in [6.45, 7) is 3.26. The number of alkyl halides is 2. The lowest BCUT2D eigenvalue weighted by Gasteiger charge is -2.14. The van der Waals surface area contributed by atoms with Gasteiger partial charge in [0.25, 0.3) is 6.04 Å². The van der Waals surface area contributed by atoms with Crippen LogP contribution in [0.4, 0.5) is 8.78 Å². The van der Waals surface area contributed by atoms with Crippen molar-refractivity contribution in [1.82, 2.24) is 5.32 Å². The van der Waals surface area contributed by atoms with Gasteiger partial charge in [-0.2, -0.15) is 13.3 Å². The minimum Gasteiger partial charge on any atom is -0.435 e. The maximum Gasteiger partial charge on any atom is 0.387 e. The SMILES string of the molecule is C=CCNC(=S)[C@H](C(=O)c1ccc(OC(F)F)cc1)[n+]1ccc(CCC)cc1. The first-order chi connectivity index (χ1) is 13.5. The molecule has 0 fully saturated rings. The maximum absolute atomic E-state index is 13.1. The number of hydrogen-bond acceptors (Lipinski definition) is 3. The highest BCUT2D eigenvalue weighted by Gasteiger charge is 2.33. The highest BCUT2D eigenvalue weighted by atomic mass is 32.1. The van der Waals surface area contributed by atoms with Crippen molar-refractivity contribution in [2.45, 2.75) is 32.4 Å². The number of ketones is 1. The number of nitrogens with zero attached hydrogens (tertiary/aromatic N) is 1. The number of thiocarbonyl (C=S) groups is 1. The van der Waals surface area contributed by atoms with Gasteiger partial charge in [-0.15, -0.1) is 6.58 Å². The van der Waals surface area contributed by atoms with Crippen molar-refractivity contribution < 1.29 is 22.9 Å². The van der Waals surface area contributed by atoms with Crippen LogP contribution in [0.2, 0.25) is 0 Å². The summed E-state index contributed by atoms with van der Waals surface area (Å²) in [7, 11) is 0. The number of halogens is 2. The Kier molecular flexibility index (Phi) is 8.19. The number of Topliss-reactive ketones (excluding diaryl/α,β-unsaturated/α-hetero) is 1. The molecule has 4 nitrogen and oxygen atoms in total. The molecule has 1 heterocycles. The fourth-order valence-electron chi connectivity index (χ4n) is 2.71. The molecule has 1 aromatic heterocycles. The van der Waals surface area contributed by atoms with E-state index in [1.54, 1.807) is 10.6 Å². The van der Waals surface area contributed by atoms with Crippen LogP contribution in [0.3, 0.4) is 0 Å². The highest BCUT2D eigenvalue weighted by molar-refractivity contribution is 7.80. The first kappa shape index (κ1) is 21.6. The fourth-order valence-corrected chi connectivity index (χ4v) is 3.03. The Morgan fingerprint density at radius 1 is 1.25 bits per heavy atom. The monoisotopic (exact) mass is 405 g/mol. The zero-order valence-electron chi connectivity index (χ0n) is 15.6. The van der Waals surface area contributed by atoms with Gasteiger partial charge in [-0.3, -0.25) is 4.79 Å². The predicted octanol–water partition coefficient (Wildman–Crippen LogP) is 4.06. The molecule has 7 heteroatoms. The van der Waals surface area contributed by atoms with Crippen LogP contribution in [0, 0.1) is 0 Å². The topological polar surface area (TPSA) is 42.2 Å². The molecular formula is C21H23F2N2O2S+. The molecule has 148 valence electrons. The molecule has 0 saturated heterocycles. The number of rotatable bonds is 10. The van der Waals surface area contributed by atoms with Gasteiger partial charge in [-0.05, 0) is 36.2 Å². The van der Waals surface area contributed by atoms with E-state index in [2.05, 4.69) is 23.6 Å². The molecule has 0 saturated carbocycles. The molecule has 0 spiro atoms. The molecular weight excluding hydrogens is 382 g/mol. The smallest absolute Gasteiger partial charge is 0.387 e. The summed E-state index contributed by atoms with van der Waals surface area (Å²) in [6, 6.07) is 8.74. The zero-order valence-corrected chi connectivity index (χ0v) is 16.4. The number of aromatic nitrogens is 1. The molecule has 1 N–H and O–H groups in total. The molecule has 0 amide bonds. The number of nitrogens with one attached hydrogen (secondary N) is 1. The Labute approximate surface area is 168 Å². The third kappa shape index (κ3) is 5.92. The van der Waals surface area contributed by atoms with Crippen molar-refractivity contribution in [2.24, 2.45) is 0 Å². The van der Waals surface area contributed by atoms with Crippen LogP contribution >= 0.6 is 12.2 Å². The minimum atomic E-state index is -2.91. The van der Waals surface area contributed by atoms with Crippen LogP contribution in [-0.4, -0.2) is 23.9 Å². The second kappa shape index (κ2) is 10.6. The number of pyridine rings is 1. The molecule has 0 aliphatic carbocycles. The van der Waals surface area contributed by atoms with E-state index in [9.17, 15) is 13.6 Å². The van der Waals surface area contributed by atoms with Crippen molar-refractivity contribution in [3.05, 3.63) is 72.6 Å². The van der Waals surface area contributed by atoms with Crippen molar-refractivity contribution in [1.29, 1.82) is 0 Å². The Bertz CT molecular complexity index is 808. The molecule has 2 aromatic rings. The Morgan fingerprint density at radius 3 is 2.43 bits per heavy atom. The average molecular weight is 405 g/mol. The molecule has 0 unspecified atom stereocenters. The van der Waals surface area contributed by atoms with E-state index in [-0.39, 0.29) is 11.5 Å². The van der Waals surface area contributed by atoms with Crippen LogP contribution < -0.4 is 14.6 Å². The van der Waals surface area contributed by atoms with Gasteiger partial charge in [0.15, 0.2) is 17.4 Å². The standard InChI is InChI=1S/C21H22F2N2O2S/c1-3-5-15-10-13-25(14-11-15)18(20(28)24-12-4-2)19(26)16-6-8-17(9-7-16)27-21(22)23/h4,6-11,13-14,18,21H,2-3,5,12H2,1H3/p+1/t18-/m0/s1. The summed E-state index contributed by atoms with van der Waals surface area (Å²) in [5, 5.41) is 3.01. The molecule has 0 radical (unpaired) electrons. The van der Waals surface area contributed by atoms with Gasteiger partial charge in [-0.25, -0.2) is 0 Å². The normalized spacial score (nSPS) is 11.7. The van der Waals surface area contributed by atoms with Crippen LogP contribution in [0.25, 0.3) is 0 Å². The summed E-state index contributed by atoms with van der Waals surface area (Å²) >= 11 is 5.44. The third-order valence-electron chi connectivity index (χ3n) is 4.04. The highest BCUT2D eigenvalue weighted by Crippen LogP contribution is 2.18. The number of aryl methyl sites for hydroxylation is 1. The van der Waals surface area contributed by atoms with E-state index in [0.29, 0.717) is 17.1 Å². The zero-order chi connectivity index (χ0) is 20.5. The Hall–Kier alpha value is -2.67.